The van der Waals surface area contributed by atoms with E-state index in [0.717, 1.165) is 17.9 Å². The van der Waals surface area contributed by atoms with Crippen LogP contribution in [0.3, 0.4) is 0 Å². The standard InChI is InChI=1S/C13H26N2/c1-10(2)11(3)15-7-6-12-8-14(5)9-13(12,15)4/h10-12H,6-9H2,1-5H3/t11-,12?,13?/m1/s1. The minimum absolute atomic E-state index is 0.457. The van der Waals surface area contributed by atoms with Gasteiger partial charge in [-0.2, -0.15) is 0 Å². The van der Waals surface area contributed by atoms with Crippen molar-refractivity contribution in [3.8, 4) is 0 Å². The van der Waals surface area contributed by atoms with E-state index < -0.39 is 0 Å². The first kappa shape index (κ1) is 11.4. The maximum Gasteiger partial charge on any atom is 0.0351 e. The van der Waals surface area contributed by atoms with Crippen LogP contribution in [0.4, 0.5) is 0 Å². The zero-order chi connectivity index (χ0) is 11.2. The average Bonchev–Trinajstić information content (AvgIpc) is 2.55. The van der Waals surface area contributed by atoms with E-state index in [1.165, 1.54) is 26.1 Å². The predicted octanol–water partition coefficient (Wildman–Crippen LogP) is 2.06. The summed E-state index contributed by atoms with van der Waals surface area (Å²) in [6.07, 6.45) is 1.40. The van der Waals surface area contributed by atoms with Crippen LogP contribution in [0.25, 0.3) is 0 Å². The number of fused-ring (bicyclic) bond motifs is 1. The molecule has 2 aliphatic heterocycles. The molecule has 0 radical (unpaired) electrons. The molecular formula is C13H26N2. The SMILES string of the molecule is CC(C)[C@@H](C)N1CCC2CN(C)CC21C. The Hall–Kier alpha value is -0.0800. The summed E-state index contributed by atoms with van der Waals surface area (Å²) in [4.78, 5) is 5.27. The van der Waals surface area contributed by atoms with Crippen LogP contribution >= 0.6 is 0 Å². The molecular weight excluding hydrogens is 184 g/mol. The Bertz CT molecular complexity index is 239. The highest BCUT2D eigenvalue weighted by Crippen LogP contribution is 2.42. The van der Waals surface area contributed by atoms with Crippen molar-refractivity contribution in [3.63, 3.8) is 0 Å². The minimum Gasteiger partial charge on any atom is -0.304 e. The topological polar surface area (TPSA) is 6.48 Å². The summed E-state index contributed by atoms with van der Waals surface area (Å²) in [5, 5.41) is 0. The average molecular weight is 210 g/mol. The van der Waals surface area contributed by atoms with Gasteiger partial charge in [0.15, 0.2) is 0 Å². The fraction of sp³-hybridized carbons (Fsp3) is 1.00. The Morgan fingerprint density at radius 3 is 2.53 bits per heavy atom. The molecule has 2 nitrogen and oxygen atoms in total. The van der Waals surface area contributed by atoms with Gasteiger partial charge in [0.25, 0.3) is 0 Å². The van der Waals surface area contributed by atoms with Gasteiger partial charge < -0.3 is 4.90 Å². The van der Waals surface area contributed by atoms with E-state index in [4.69, 9.17) is 0 Å². The quantitative estimate of drug-likeness (QED) is 0.688. The lowest BCUT2D eigenvalue weighted by molar-refractivity contribution is 0.0751. The fourth-order valence-electron chi connectivity index (χ4n) is 3.62. The first-order valence-electron chi connectivity index (χ1n) is 6.40. The molecule has 0 amide bonds. The summed E-state index contributed by atoms with van der Waals surface area (Å²) < 4.78 is 0. The van der Waals surface area contributed by atoms with E-state index in [1.807, 2.05) is 0 Å². The molecule has 2 heteroatoms. The molecule has 0 saturated carbocycles. The van der Waals surface area contributed by atoms with E-state index in [1.54, 1.807) is 0 Å². The molecule has 2 heterocycles. The molecule has 2 fully saturated rings. The van der Waals surface area contributed by atoms with Gasteiger partial charge in [0.1, 0.15) is 0 Å². The van der Waals surface area contributed by atoms with Crippen molar-refractivity contribution in [2.45, 2.75) is 45.7 Å². The van der Waals surface area contributed by atoms with Crippen molar-refractivity contribution in [1.29, 1.82) is 0 Å². The highest BCUT2D eigenvalue weighted by atomic mass is 15.3. The molecule has 2 saturated heterocycles. The first-order valence-corrected chi connectivity index (χ1v) is 6.40. The lowest BCUT2D eigenvalue weighted by Crippen LogP contribution is -2.52. The molecule has 2 aliphatic rings. The lowest BCUT2D eigenvalue weighted by atomic mass is 9.88. The van der Waals surface area contributed by atoms with Crippen molar-refractivity contribution in [2.75, 3.05) is 26.7 Å². The highest BCUT2D eigenvalue weighted by Gasteiger charge is 2.51. The summed E-state index contributed by atoms with van der Waals surface area (Å²) >= 11 is 0. The monoisotopic (exact) mass is 210 g/mol. The molecule has 0 aliphatic carbocycles. The summed E-state index contributed by atoms with van der Waals surface area (Å²) in [5.41, 5.74) is 0.457. The van der Waals surface area contributed by atoms with Crippen LogP contribution in [-0.4, -0.2) is 48.1 Å². The van der Waals surface area contributed by atoms with Gasteiger partial charge in [0.05, 0.1) is 0 Å². The predicted molar refractivity (Wildman–Crippen MR) is 65.0 cm³/mol. The normalized spacial score (nSPS) is 40.0. The molecule has 0 bridgehead atoms. The van der Waals surface area contributed by atoms with Crippen molar-refractivity contribution in [3.05, 3.63) is 0 Å². The van der Waals surface area contributed by atoms with E-state index in [9.17, 15) is 0 Å². The largest absolute Gasteiger partial charge is 0.304 e. The van der Waals surface area contributed by atoms with Gasteiger partial charge in [-0.1, -0.05) is 13.8 Å². The van der Waals surface area contributed by atoms with Gasteiger partial charge in [-0.3, -0.25) is 4.90 Å². The van der Waals surface area contributed by atoms with Gasteiger partial charge in [-0.25, -0.2) is 0 Å². The second-order valence-corrected chi connectivity index (χ2v) is 6.22. The molecule has 0 N–H and O–H groups in total. The summed E-state index contributed by atoms with van der Waals surface area (Å²) in [6.45, 7) is 13.4. The molecule has 3 atom stereocenters. The Morgan fingerprint density at radius 2 is 1.93 bits per heavy atom. The van der Waals surface area contributed by atoms with Crippen LogP contribution in [0.5, 0.6) is 0 Å². The number of rotatable bonds is 2. The number of likely N-dealkylation sites (tertiary alicyclic amines) is 2. The van der Waals surface area contributed by atoms with E-state index in [0.29, 0.717) is 5.54 Å². The first-order chi connectivity index (χ1) is 6.95. The van der Waals surface area contributed by atoms with E-state index in [-0.39, 0.29) is 0 Å². The third kappa shape index (κ3) is 1.72. The number of likely N-dealkylation sites (N-methyl/N-ethyl adjacent to an activating group) is 1. The third-order valence-electron chi connectivity index (χ3n) is 4.83. The summed E-state index contributed by atoms with van der Waals surface area (Å²) in [6, 6.07) is 0.728. The van der Waals surface area contributed by atoms with Crippen LogP contribution < -0.4 is 0 Å². The van der Waals surface area contributed by atoms with Crippen LogP contribution in [0.2, 0.25) is 0 Å². The maximum atomic E-state index is 2.77. The molecule has 2 rings (SSSR count). The Morgan fingerprint density at radius 1 is 1.27 bits per heavy atom. The van der Waals surface area contributed by atoms with Gasteiger partial charge in [0.2, 0.25) is 0 Å². The molecule has 2 unspecified atom stereocenters. The molecule has 0 aromatic rings. The maximum absolute atomic E-state index is 2.77. The summed E-state index contributed by atoms with van der Waals surface area (Å²) in [7, 11) is 2.27. The fourth-order valence-corrected chi connectivity index (χ4v) is 3.62. The Labute approximate surface area is 94.6 Å². The molecule has 15 heavy (non-hydrogen) atoms. The number of hydrogen-bond donors (Lipinski definition) is 0. The number of hydrogen-bond acceptors (Lipinski definition) is 2. The van der Waals surface area contributed by atoms with Crippen molar-refractivity contribution in [2.24, 2.45) is 11.8 Å². The molecule has 88 valence electrons. The van der Waals surface area contributed by atoms with E-state index >= 15 is 0 Å². The highest BCUT2D eigenvalue weighted by molar-refractivity contribution is 5.07. The third-order valence-corrected chi connectivity index (χ3v) is 4.83. The van der Waals surface area contributed by atoms with Crippen molar-refractivity contribution < 1.29 is 0 Å². The van der Waals surface area contributed by atoms with Crippen molar-refractivity contribution in [1.82, 2.24) is 9.80 Å². The van der Waals surface area contributed by atoms with Gasteiger partial charge in [-0.05, 0) is 45.7 Å². The van der Waals surface area contributed by atoms with Gasteiger partial charge in [0, 0.05) is 24.7 Å². The molecule has 0 aromatic carbocycles. The molecule has 0 spiro atoms. The van der Waals surface area contributed by atoms with Gasteiger partial charge >= 0.3 is 0 Å². The van der Waals surface area contributed by atoms with Crippen molar-refractivity contribution >= 4 is 0 Å². The van der Waals surface area contributed by atoms with Crippen LogP contribution in [-0.2, 0) is 0 Å². The Balaban J connectivity index is 2.15. The van der Waals surface area contributed by atoms with Gasteiger partial charge in [-0.15, -0.1) is 0 Å². The molecule has 0 aromatic heterocycles. The summed E-state index contributed by atoms with van der Waals surface area (Å²) in [5.74, 6) is 1.68. The smallest absolute Gasteiger partial charge is 0.0351 e. The zero-order valence-electron chi connectivity index (χ0n) is 11.0. The second-order valence-electron chi connectivity index (χ2n) is 6.22. The zero-order valence-corrected chi connectivity index (χ0v) is 11.0. The second kappa shape index (κ2) is 3.74. The van der Waals surface area contributed by atoms with E-state index in [2.05, 4.69) is 44.5 Å². The van der Waals surface area contributed by atoms with Crippen LogP contribution in [0.1, 0.15) is 34.1 Å². The minimum atomic E-state index is 0.457. The lowest BCUT2D eigenvalue weighted by Gasteiger charge is -2.41. The van der Waals surface area contributed by atoms with Crippen LogP contribution in [0.15, 0.2) is 0 Å². The van der Waals surface area contributed by atoms with Crippen LogP contribution in [0, 0.1) is 11.8 Å². The number of nitrogens with zero attached hydrogens (tertiary/aromatic N) is 2. The Kier molecular flexibility index (Phi) is 2.85.